The number of amides is 3. The molecule has 3 heterocycles. The Morgan fingerprint density at radius 2 is 1.62 bits per heavy atom. The number of aliphatic carboxylic acids is 1. The molecule has 2 aliphatic rings. The molecule has 2 aromatic carbocycles. The molecule has 1 atom stereocenters. The van der Waals surface area contributed by atoms with Crippen molar-refractivity contribution in [2.45, 2.75) is 77.6 Å². The van der Waals surface area contributed by atoms with E-state index in [0.717, 1.165) is 54.0 Å². The van der Waals surface area contributed by atoms with E-state index < -0.39 is 35.8 Å². The van der Waals surface area contributed by atoms with Gasteiger partial charge in [0.05, 0.1) is 13.2 Å². The Morgan fingerprint density at radius 3 is 2.15 bits per heavy atom. The third-order valence-electron chi connectivity index (χ3n) is 10.1. The molecular formula is C41H50F3N9O7. The number of alkyl halides is 3. The number of hydrogen-bond donors (Lipinski definition) is 4. The van der Waals surface area contributed by atoms with Crippen molar-refractivity contribution in [2.75, 3.05) is 42.6 Å². The minimum absolute atomic E-state index is 0.154. The van der Waals surface area contributed by atoms with E-state index in [4.69, 9.17) is 30.1 Å². The predicted octanol–water partition coefficient (Wildman–Crippen LogP) is 5.47. The van der Waals surface area contributed by atoms with Gasteiger partial charge in [0, 0.05) is 55.0 Å². The molecule has 1 saturated heterocycles. The zero-order valence-corrected chi connectivity index (χ0v) is 33.9. The molecule has 0 bridgehead atoms. The Hall–Kier alpha value is -6.11. The van der Waals surface area contributed by atoms with E-state index >= 15 is 0 Å². The van der Waals surface area contributed by atoms with Crippen LogP contribution >= 0.6 is 0 Å². The first-order valence-corrected chi connectivity index (χ1v) is 19.5. The number of aryl methyl sites for hydroxylation is 1. The van der Waals surface area contributed by atoms with Crippen molar-refractivity contribution >= 4 is 35.4 Å². The summed E-state index contributed by atoms with van der Waals surface area (Å²) in [6, 6.07) is 16.3. The Kier molecular flexibility index (Phi) is 14.8. The molecule has 1 aliphatic carbocycles. The standard InChI is InChI=1S/C39H49N9O5.C2HF3O2/c1-25-21-34(47-17-19-52-20-18-47)41-24-32(25)28-9-5-26(6-10-28)22-33(35(40)49)48(31-15-13-29(14-16-31)36-43-45-46-44-36)37(50)30-11-7-27(8-12-30)23-42-38(51)53-39(2,3)4;3-2(4,5)1(6)7/h5-6,9-10,13-16,21,24,27,30,33H,7-8,11-12,17-20,22-23H2,1-4H3,(H2,40,49)(H,42,51)(H,43,44,45,46);(H,6,7)/t27-,30-,33-;/m0./s1. The molecule has 3 amide bonds. The third kappa shape index (κ3) is 12.5. The van der Waals surface area contributed by atoms with Gasteiger partial charge in [-0.2, -0.15) is 18.4 Å². The zero-order valence-electron chi connectivity index (χ0n) is 33.9. The van der Waals surface area contributed by atoms with Gasteiger partial charge in [0.2, 0.25) is 17.6 Å². The number of benzene rings is 2. The van der Waals surface area contributed by atoms with E-state index in [1.54, 1.807) is 29.2 Å². The molecule has 60 heavy (non-hydrogen) atoms. The van der Waals surface area contributed by atoms with Crippen LogP contribution in [-0.2, 0) is 30.3 Å². The number of carboxylic acids is 1. The summed E-state index contributed by atoms with van der Waals surface area (Å²) in [4.78, 5) is 57.4. The Morgan fingerprint density at radius 1 is 1.00 bits per heavy atom. The summed E-state index contributed by atoms with van der Waals surface area (Å²) in [5.41, 5.74) is 10.8. The first-order valence-electron chi connectivity index (χ1n) is 19.5. The highest BCUT2D eigenvalue weighted by Crippen LogP contribution is 2.34. The van der Waals surface area contributed by atoms with Crippen LogP contribution in [0.2, 0.25) is 0 Å². The smallest absolute Gasteiger partial charge is 0.475 e. The van der Waals surface area contributed by atoms with Crippen molar-refractivity contribution in [3.63, 3.8) is 0 Å². The summed E-state index contributed by atoms with van der Waals surface area (Å²) in [6.45, 7) is 11.1. The first-order chi connectivity index (χ1) is 28.4. The molecule has 16 nitrogen and oxygen atoms in total. The number of carboxylic acid groups (broad SMARTS) is 1. The minimum Gasteiger partial charge on any atom is -0.475 e. The highest BCUT2D eigenvalue weighted by Gasteiger charge is 2.38. The number of tetrazole rings is 1. The number of anilines is 2. The first kappa shape index (κ1) is 45.0. The molecular weight excluding hydrogens is 788 g/mol. The fourth-order valence-electron chi connectivity index (χ4n) is 7.04. The number of carbonyl (C=O) groups is 4. The lowest BCUT2D eigenvalue weighted by Crippen LogP contribution is -2.52. The second-order valence-electron chi connectivity index (χ2n) is 15.7. The van der Waals surface area contributed by atoms with Gasteiger partial charge in [0.1, 0.15) is 17.5 Å². The lowest BCUT2D eigenvalue weighted by molar-refractivity contribution is -0.192. The Labute approximate surface area is 345 Å². The molecule has 6 rings (SSSR count). The number of ether oxygens (including phenoxy) is 2. The summed E-state index contributed by atoms with van der Waals surface area (Å²) in [5, 5.41) is 24.2. The predicted molar refractivity (Wildman–Crippen MR) is 215 cm³/mol. The number of carbonyl (C=O) groups excluding carboxylic acids is 3. The van der Waals surface area contributed by atoms with Gasteiger partial charge in [0.15, 0.2) is 0 Å². The van der Waals surface area contributed by atoms with Crippen LogP contribution in [0.4, 0.5) is 29.5 Å². The van der Waals surface area contributed by atoms with Gasteiger partial charge in [-0.15, -0.1) is 10.2 Å². The molecule has 2 fully saturated rings. The second kappa shape index (κ2) is 19.8. The lowest BCUT2D eigenvalue weighted by Gasteiger charge is -2.36. The van der Waals surface area contributed by atoms with Gasteiger partial charge in [-0.25, -0.2) is 14.6 Å². The summed E-state index contributed by atoms with van der Waals surface area (Å²) >= 11 is 0. The van der Waals surface area contributed by atoms with E-state index in [-0.39, 0.29) is 24.2 Å². The molecule has 0 unspecified atom stereocenters. The number of primary amides is 1. The summed E-state index contributed by atoms with van der Waals surface area (Å²) in [5.74, 6) is -2.25. The number of pyridine rings is 1. The number of aromatic amines is 1. The number of halogens is 3. The quantitative estimate of drug-likeness (QED) is 0.148. The van der Waals surface area contributed by atoms with Gasteiger partial charge in [-0.3, -0.25) is 14.5 Å². The lowest BCUT2D eigenvalue weighted by atomic mass is 9.81. The van der Waals surface area contributed by atoms with E-state index in [2.05, 4.69) is 43.8 Å². The van der Waals surface area contributed by atoms with E-state index in [1.165, 1.54) is 0 Å². The number of nitrogens with zero attached hydrogens (tertiary/aromatic N) is 6. The zero-order chi connectivity index (χ0) is 43.6. The summed E-state index contributed by atoms with van der Waals surface area (Å²) in [7, 11) is 0. The van der Waals surface area contributed by atoms with Gasteiger partial charge < -0.3 is 30.5 Å². The fraction of sp³-hybridized carbons (Fsp3) is 0.463. The molecule has 1 saturated carbocycles. The SMILES string of the molecule is Cc1cc(N2CCOCC2)ncc1-c1ccc(C[C@@H](C(N)=O)N(c2ccc(-c3nn[nH]n3)cc2)C(=O)[C@H]2CC[C@H](CNC(=O)OC(C)(C)C)CC2)cc1.O=C(O)C(F)(F)F. The van der Waals surface area contributed by atoms with E-state index in [1.807, 2.05) is 51.2 Å². The Bertz CT molecular complexity index is 2060. The number of alkyl carbamates (subject to hydrolysis) is 1. The number of hydrogen-bond acceptors (Lipinski definition) is 11. The average molecular weight is 838 g/mol. The van der Waals surface area contributed by atoms with Crippen molar-refractivity contribution in [1.82, 2.24) is 30.9 Å². The average Bonchev–Trinajstić information content (AvgIpc) is 3.76. The topological polar surface area (TPSA) is 219 Å². The van der Waals surface area contributed by atoms with Crippen LogP contribution in [0.25, 0.3) is 22.5 Å². The van der Waals surface area contributed by atoms with Gasteiger partial charge in [-0.05, 0) is 112 Å². The maximum atomic E-state index is 14.5. The number of morpholine rings is 1. The van der Waals surface area contributed by atoms with Crippen molar-refractivity contribution in [3.05, 3.63) is 71.9 Å². The fourth-order valence-corrected chi connectivity index (χ4v) is 7.04. The van der Waals surface area contributed by atoms with Crippen LogP contribution in [-0.4, -0.2) is 105 Å². The molecule has 5 N–H and O–H groups in total. The normalized spacial score (nSPS) is 17.4. The summed E-state index contributed by atoms with van der Waals surface area (Å²) < 4.78 is 42.6. The largest absolute Gasteiger partial charge is 0.490 e. The molecule has 0 spiro atoms. The van der Waals surface area contributed by atoms with E-state index in [0.29, 0.717) is 49.7 Å². The highest BCUT2D eigenvalue weighted by molar-refractivity contribution is 6.01. The van der Waals surface area contributed by atoms with Crippen molar-refractivity contribution < 1.29 is 46.9 Å². The Balaban J connectivity index is 0.000000896. The van der Waals surface area contributed by atoms with Gasteiger partial charge in [-0.1, -0.05) is 24.3 Å². The highest BCUT2D eigenvalue weighted by atomic mass is 19.4. The van der Waals surface area contributed by atoms with Crippen molar-refractivity contribution in [3.8, 4) is 22.5 Å². The third-order valence-corrected chi connectivity index (χ3v) is 10.1. The van der Waals surface area contributed by atoms with E-state index in [9.17, 15) is 27.6 Å². The van der Waals surface area contributed by atoms with Crippen LogP contribution in [0.15, 0.2) is 60.8 Å². The van der Waals surface area contributed by atoms with Crippen LogP contribution in [0, 0.1) is 18.8 Å². The molecule has 1 aliphatic heterocycles. The van der Waals surface area contributed by atoms with Crippen molar-refractivity contribution in [1.29, 1.82) is 0 Å². The van der Waals surface area contributed by atoms with Gasteiger partial charge >= 0.3 is 18.2 Å². The number of aromatic nitrogens is 5. The van der Waals surface area contributed by atoms with Crippen LogP contribution in [0.3, 0.4) is 0 Å². The van der Waals surface area contributed by atoms with Crippen LogP contribution in [0.5, 0.6) is 0 Å². The monoisotopic (exact) mass is 837 g/mol. The number of nitrogens with two attached hydrogens (primary N) is 1. The van der Waals surface area contributed by atoms with Gasteiger partial charge in [0.25, 0.3) is 0 Å². The number of rotatable bonds is 11. The number of H-pyrrole nitrogens is 1. The van der Waals surface area contributed by atoms with Crippen molar-refractivity contribution in [2.24, 2.45) is 17.6 Å². The second-order valence-corrected chi connectivity index (χ2v) is 15.7. The minimum atomic E-state index is -5.08. The molecule has 0 radical (unpaired) electrons. The van der Waals surface area contributed by atoms with Crippen LogP contribution < -0.4 is 20.9 Å². The molecule has 19 heteroatoms. The molecule has 322 valence electrons. The molecule has 2 aromatic heterocycles. The maximum Gasteiger partial charge on any atom is 0.490 e. The summed E-state index contributed by atoms with van der Waals surface area (Å²) in [6.07, 6.45) is -0.651. The van der Waals surface area contributed by atoms with Crippen LogP contribution in [0.1, 0.15) is 57.6 Å². The maximum absolute atomic E-state index is 14.5. The molecule has 4 aromatic rings. The number of nitrogens with one attached hydrogen (secondary N) is 2.